The molecule has 1 aromatic carbocycles. The van der Waals surface area contributed by atoms with Gasteiger partial charge in [0, 0.05) is 17.8 Å². The molecule has 1 aliphatic carbocycles. The minimum atomic E-state index is -0.491. The number of halogens is 2. The fourth-order valence-corrected chi connectivity index (χ4v) is 4.15. The van der Waals surface area contributed by atoms with Crippen LogP contribution in [0.3, 0.4) is 0 Å². The third-order valence-corrected chi connectivity index (χ3v) is 6.11. The number of carbonyl (C=O) groups excluding carboxylic acids is 1. The van der Waals surface area contributed by atoms with Crippen LogP contribution in [0.15, 0.2) is 30.7 Å². The number of rotatable bonds is 7. The minimum Gasteiger partial charge on any atom is -0.468 e. The maximum atomic E-state index is 13.5. The van der Waals surface area contributed by atoms with E-state index in [4.69, 9.17) is 16.3 Å². The van der Waals surface area contributed by atoms with Crippen LogP contribution in [-0.4, -0.2) is 63.6 Å². The summed E-state index contributed by atoms with van der Waals surface area (Å²) in [7, 11) is 3.35. The largest absolute Gasteiger partial charge is 0.468 e. The van der Waals surface area contributed by atoms with Crippen molar-refractivity contribution in [1.29, 1.82) is 0 Å². The Morgan fingerprint density at radius 3 is 2.76 bits per heavy atom. The molecule has 1 fully saturated rings. The molecule has 9 nitrogen and oxygen atoms in total. The summed E-state index contributed by atoms with van der Waals surface area (Å²) in [6.07, 6.45) is 6.84. The number of methoxy groups -OCH3 is 1. The van der Waals surface area contributed by atoms with Crippen molar-refractivity contribution in [2.45, 2.75) is 37.8 Å². The molecule has 0 spiro atoms. The van der Waals surface area contributed by atoms with E-state index >= 15 is 0 Å². The number of ether oxygens (including phenoxy) is 1. The van der Waals surface area contributed by atoms with Gasteiger partial charge in [-0.3, -0.25) is 9.69 Å². The molecule has 0 saturated heterocycles. The number of benzene rings is 1. The summed E-state index contributed by atoms with van der Waals surface area (Å²) in [4.78, 5) is 31.1. The summed E-state index contributed by atoms with van der Waals surface area (Å²) in [6.45, 7) is 0.294. The second-order valence-electron chi connectivity index (χ2n) is 8.04. The molecule has 0 unspecified atom stereocenters. The Kier molecular flexibility index (Phi) is 7.14. The van der Waals surface area contributed by atoms with Crippen molar-refractivity contribution in [2.75, 3.05) is 31.3 Å². The van der Waals surface area contributed by atoms with E-state index in [0.29, 0.717) is 41.1 Å². The van der Waals surface area contributed by atoms with E-state index in [0.717, 1.165) is 25.7 Å². The van der Waals surface area contributed by atoms with E-state index in [1.807, 2.05) is 11.9 Å². The highest BCUT2D eigenvalue weighted by atomic mass is 35.5. The van der Waals surface area contributed by atoms with E-state index in [-0.39, 0.29) is 17.0 Å². The number of aromatic nitrogens is 4. The number of carbonyl (C=O) groups is 1. The molecule has 1 aliphatic rings. The lowest BCUT2D eigenvalue weighted by Crippen LogP contribution is -2.41. The number of fused-ring (bicyclic) bond motifs is 1. The Bertz CT molecular complexity index is 1140. The summed E-state index contributed by atoms with van der Waals surface area (Å²) in [6, 6.07) is 4.91. The summed E-state index contributed by atoms with van der Waals surface area (Å²) >= 11 is 5.88. The number of nitrogens with one attached hydrogen (secondary N) is 2. The number of hydrogen-bond acceptors (Lipinski definition) is 9. The summed E-state index contributed by atoms with van der Waals surface area (Å²) in [5, 5.41) is 6.54. The van der Waals surface area contributed by atoms with Crippen LogP contribution in [0, 0.1) is 5.82 Å². The molecule has 0 bridgehead atoms. The first-order chi connectivity index (χ1) is 15.9. The second kappa shape index (κ2) is 10.2. The first-order valence-corrected chi connectivity index (χ1v) is 11.0. The van der Waals surface area contributed by atoms with E-state index in [9.17, 15) is 9.18 Å². The highest BCUT2D eigenvalue weighted by Crippen LogP contribution is 2.27. The Labute approximate surface area is 195 Å². The van der Waals surface area contributed by atoms with Crippen molar-refractivity contribution in [2.24, 2.45) is 0 Å². The van der Waals surface area contributed by atoms with Crippen LogP contribution in [0.2, 0.25) is 5.02 Å². The zero-order chi connectivity index (χ0) is 23.4. The Morgan fingerprint density at radius 2 is 2.03 bits per heavy atom. The molecule has 2 N–H and O–H groups in total. The summed E-state index contributed by atoms with van der Waals surface area (Å²) in [5.41, 5.74) is 1.71. The lowest BCUT2D eigenvalue weighted by molar-refractivity contribution is -0.142. The zero-order valence-electron chi connectivity index (χ0n) is 18.4. The number of esters is 1. The molecule has 11 heteroatoms. The summed E-state index contributed by atoms with van der Waals surface area (Å²) in [5.74, 6) is 0.247. The first kappa shape index (κ1) is 23.1. The van der Waals surface area contributed by atoms with Gasteiger partial charge >= 0.3 is 5.97 Å². The number of nitrogens with zero attached hydrogens (tertiary/aromatic N) is 5. The molecule has 0 aliphatic heterocycles. The van der Waals surface area contributed by atoms with Gasteiger partial charge in [-0.2, -0.15) is 0 Å². The van der Waals surface area contributed by atoms with Crippen molar-refractivity contribution in [1.82, 2.24) is 24.8 Å². The van der Waals surface area contributed by atoms with Crippen LogP contribution in [-0.2, 0) is 9.53 Å². The van der Waals surface area contributed by atoms with E-state index in [1.54, 1.807) is 12.3 Å². The smallest absolute Gasteiger partial charge is 0.319 e. The van der Waals surface area contributed by atoms with Crippen molar-refractivity contribution < 1.29 is 13.9 Å². The SMILES string of the molecule is COC(=O)CN(C)[C@H]1CC[C@H](Nc2ncc3ncnc(Nc4ccc(F)c(Cl)c4)c3n2)CC1. The maximum Gasteiger partial charge on any atom is 0.319 e. The zero-order valence-corrected chi connectivity index (χ0v) is 19.1. The highest BCUT2D eigenvalue weighted by molar-refractivity contribution is 6.31. The molecule has 2 aromatic heterocycles. The predicted octanol–water partition coefficient (Wildman–Crippen LogP) is 3.78. The standard InChI is InChI=1S/C22H25ClFN7O2/c1-31(11-19(32)33-2)15-6-3-13(4-7-15)29-22-25-10-18-20(30-22)21(27-12-26-18)28-14-5-8-17(24)16(23)9-14/h5,8-10,12-13,15H,3-4,6-7,11H2,1-2H3,(H,25,29,30)(H,26,27,28)/t13-,15-. The average Bonchev–Trinajstić information content (AvgIpc) is 2.82. The quantitative estimate of drug-likeness (QED) is 0.496. The number of likely N-dealkylation sites (N-methyl/N-ethyl adjacent to an activating group) is 1. The van der Waals surface area contributed by atoms with Gasteiger partial charge in [-0.15, -0.1) is 0 Å². The van der Waals surface area contributed by atoms with Crippen molar-refractivity contribution in [3.63, 3.8) is 0 Å². The van der Waals surface area contributed by atoms with Gasteiger partial charge in [-0.25, -0.2) is 24.3 Å². The van der Waals surface area contributed by atoms with Crippen molar-refractivity contribution >= 4 is 46.1 Å². The molecular weight excluding hydrogens is 449 g/mol. The molecule has 0 radical (unpaired) electrons. The van der Waals surface area contributed by atoms with Crippen molar-refractivity contribution in [3.05, 3.63) is 41.6 Å². The lowest BCUT2D eigenvalue weighted by Gasteiger charge is -2.34. The molecule has 3 aromatic rings. The van der Waals surface area contributed by atoms with Gasteiger partial charge in [0.15, 0.2) is 5.82 Å². The molecule has 0 atom stereocenters. The molecule has 2 heterocycles. The fourth-order valence-electron chi connectivity index (χ4n) is 3.97. The number of hydrogen-bond donors (Lipinski definition) is 2. The van der Waals surface area contributed by atoms with Crippen LogP contribution in [0.5, 0.6) is 0 Å². The van der Waals surface area contributed by atoms with Crippen LogP contribution in [0.4, 0.5) is 21.8 Å². The van der Waals surface area contributed by atoms with Gasteiger partial charge in [0.2, 0.25) is 5.95 Å². The fraction of sp³-hybridized carbons (Fsp3) is 0.409. The lowest BCUT2D eigenvalue weighted by atomic mass is 9.90. The van der Waals surface area contributed by atoms with E-state index < -0.39 is 5.82 Å². The number of anilines is 3. The Balaban J connectivity index is 1.43. The third kappa shape index (κ3) is 5.63. The maximum absolute atomic E-state index is 13.5. The highest BCUT2D eigenvalue weighted by Gasteiger charge is 2.25. The summed E-state index contributed by atoms with van der Waals surface area (Å²) < 4.78 is 18.2. The van der Waals surface area contributed by atoms with Gasteiger partial charge in [0.25, 0.3) is 0 Å². The van der Waals surface area contributed by atoms with Crippen LogP contribution in [0.25, 0.3) is 11.0 Å². The molecule has 0 amide bonds. The molecule has 174 valence electrons. The average molecular weight is 474 g/mol. The first-order valence-electron chi connectivity index (χ1n) is 10.7. The molecular formula is C22H25ClFN7O2. The Morgan fingerprint density at radius 1 is 1.24 bits per heavy atom. The molecule has 1 saturated carbocycles. The van der Waals surface area contributed by atoms with E-state index in [2.05, 4.69) is 30.6 Å². The monoisotopic (exact) mass is 473 g/mol. The molecule has 4 rings (SSSR count). The third-order valence-electron chi connectivity index (χ3n) is 5.82. The topological polar surface area (TPSA) is 105 Å². The van der Waals surface area contributed by atoms with Crippen molar-refractivity contribution in [3.8, 4) is 0 Å². The minimum absolute atomic E-state index is 0.0168. The van der Waals surface area contributed by atoms with Gasteiger partial charge in [0.05, 0.1) is 24.9 Å². The van der Waals surface area contributed by atoms with Crippen LogP contribution < -0.4 is 10.6 Å². The van der Waals surface area contributed by atoms with Gasteiger partial charge in [-0.1, -0.05) is 11.6 Å². The van der Waals surface area contributed by atoms with Gasteiger partial charge in [0.1, 0.15) is 23.2 Å². The van der Waals surface area contributed by atoms with Gasteiger partial charge < -0.3 is 15.4 Å². The van der Waals surface area contributed by atoms with Crippen LogP contribution >= 0.6 is 11.6 Å². The Hall–Kier alpha value is -3.11. The molecule has 33 heavy (non-hydrogen) atoms. The van der Waals surface area contributed by atoms with Gasteiger partial charge in [-0.05, 0) is 50.9 Å². The predicted molar refractivity (Wildman–Crippen MR) is 124 cm³/mol. The van der Waals surface area contributed by atoms with Crippen LogP contribution in [0.1, 0.15) is 25.7 Å². The normalized spacial score (nSPS) is 18.3. The second-order valence-corrected chi connectivity index (χ2v) is 8.45. The van der Waals surface area contributed by atoms with E-state index in [1.165, 1.54) is 25.6 Å².